The van der Waals surface area contributed by atoms with Crippen LogP contribution in [0.5, 0.6) is 0 Å². The van der Waals surface area contributed by atoms with Crippen molar-refractivity contribution in [2.24, 2.45) is 11.8 Å². The van der Waals surface area contributed by atoms with Gasteiger partial charge in [-0.1, -0.05) is 50.8 Å². The van der Waals surface area contributed by atoms with E-state index < -0.39 is 21.3 Å². The zero-order valence-electron chi connectivity index (χ0n) is 15.4. The molecule has 140 valence electrons. The number of rotatable bonds is 8. The third-order valence-electron chi connectivity index (χ3n) is 4.59. The van der Waals surface area contributed by atoms with Crippen LogP contribution in [0.3, 0.4) is 0 Å². The van der Waals surface area contributed by atoms with Crippen molar-refractivity contribution >= 4 is 27.1 Å². The lowest BCUT2D eigenvalue weighted by Gasteiger charge is -2.20. The molecule has 4 nitrogen and oxygen atoms in total. The SMILES string of the molecule is Cc1ccc(S(=O)(=O)O[S+](CC(=O)C(C)C)CC2CCCCC2)cc1. The van der Waals surface area contributed by atoms with Crippen LogP contribution in [0.1, 0.15) is 51.5 Å². The number of ketones is 1. The van der Waals surface area contributed by atoms with Crippen molar-refractivity contribution in [3.05, 3.63) is 29.8 Å². The first kappa shape index (κ1) is 20.5. The highest BCUT2D eigenvalue weighted by atomic mass is 32.3. The molecule has 0 heterocycles. The van der Waals surface area contributed by atoms with Gasteiger partial charge in [-0.2, -0.15) is 8.42 Å². The first-order valence-corrected chi connectivity index (χ1v) is 11.9. The average Bonchev–Trinajstić information content (AvgIpc) is 2.55. The molecule has 0 saturated heterocycles. The Balaban J connectivity index is 2.12. The minimum atomic E-state index is -3.84. The number of carbonyl (C=O) groups is 1. The molecular formula is C19H29O4S2+. The summed E-state index contributed by atoms with van der Waals surface area (Å²) in [4.78, 5) is 12.4. The number of benzene rings is 1. The highest BCUT2D eigenvalue weighted by Gasteiger charge is 2.36. The molecule has 1 saturated carbocycles. The van der Waals surface area contributed by atoms with Gasteiger partial charge in [0.1, 0.15) is 5.75 Å². The Bertz CT molecular complexity index is 659. The van der Waals surface area contributed by atoms with Gasteiger partial charge >= 0.3 is 10.1 Å². The first-order valence-electron chi connectivity index (χ1n) is 9.00. The van der Waals surface area contributed by atoms with Crippen LogP contribution in [0, 0.1) is 18.8 Å². The van der Waals surface area contributed by atoms with Crippen molar-refractivity contribution in [2.75, 3.05) is 11.5 Å². The summed E-state index contributed by atoms with van der Waals surface area (Å²) in [7, 11) is -3.84. The van der Waals surface area contributed by atoms with Crippen LogP contribution in [0.25, 0.3) is 0 Å². The van der Waals surface area contributed by atoms with Crippen LogP contribution < -0.4 is 0 Å². The molecule has 2 rings (SSSR count). The maximum absolute atomic E-state index is 12.6. The molecule has 1 aliphatic rings. The average molecular weight is 386 g/mol. The van der Waals surface area contributed by atoms with Crippen molar-refractivity contribution in [3.8, 4) is 0 Å². The van der Waals surface area contributed by atoms with E-state index >= 15 is 0 Å². The molecule has 25 heavy (non-hydrogen) atoms. The minimum absolute atomic E-state index is 0.0678. The molecule has 1 aliphatic carbocycles. The van der Waals surface area contributed by atoms with Gasteiger partial charge in [-0.15, -0.1) is 0 Å². The Hall–Kier alpha value is -0.850. The summed E-state index contributed by atoms with van der Waals surface area (Å²) < 4.78 is 30.8. The van der Waals surface area contributed by atoms with Gasteiger partial charge in [-0.3, -0.25) is 4.79 Å². The summed E-state index contributed by atoms with van der Waals surface area (Å²) in [5.41, 5.74) is 0.996. The summed E-state index contributed by atoms with van der Waals surface area (Å²) in [6.07, 6.45) is 5.83. The van der Waals surface area contributed by atoms with Crippen LogP contribution in [-0.4, -0.2) is 25.7 Å². The highest BCUT2D eigenvalue weighted by molar-refractivity contribution is 8.03. The van der Waals surface area contributed by atoms with Crippen molar-refractivity contribution in [3.63, 3.8) is 0 Å². The zero-order valence-corrected chi connectivity index (χ0v) is 17.0. The van der Waals surface area contributed by atoms with E-state index in [9.17, 15) is 13.2 Å². The van der Waals surface area contributed by atoms with Crippen molar-refractivity contribution in [1.82, 2.24) is 0 Å². The number of aryl methyl sites for hydroxylation is 1. The lowest BCUT2D eigenvalue weighted by atomic mass is 9.91. The summed E-state index contributed by atoms with van der Waals surface area (Å²) in [6, 6.07) is 6.65. The van der Waals surface area contributed by atoms with Crippen LogP contribution in [0.4, 0.5) is 0 Å². The number of Topliss-reactive ketones (excluding diaryl/α,β-unsaturated/α-hetero) is 1. The van der Waals surface area contributed by atoms with E-state index in [0.29, 0.717) is 11.7 Å². The van der Waals surface area contributed by atoms with Gasteiger partial charge in [0.2, 0.25) is 5.75 Å². The topological polar surface area (TPSA) is 60.4 Å². The Morgan fingerprint density at radius 3 is 2.32 bits per heavy atom. The molecular weight excluding hydrogens is 356 g/mol. The van der Waals surface area contributed by atoms with Crippen LogP contribution in [-0.2, 0) is 29.7 Å². The van der Waals surface area contributed by atoms with E-state index in [1.807, 2.05) is 20.8 Å². The van der Waals surface area contributed by atoms with E-state index in [0.717, 1.165) is 18.4 Å². The number of hydrogen-bond donors (Lipinski definition) is 0. The number of carbonyl (C=O) groups excluding carboxylic acids is 1. The van der Waals surface area contributed by atoms with Crippen LogP contribution >= 0.6 is 0 Å². The molecule has 0 bridgehead atoms. The molecule has 6 heteroatoms. The van der Waals surface area contributed by atoms with E-state index in [2.05, 4.69) is 0 Å². The second-order valence-corrected chi connectivity index (χ2v) is 10.6. The van der Waals surface area contributed by atoms with Gasteiger partial charge < -0.3 is 0 Å². The molecule has 0 amide bonds. The number of hydrogen-bond acceptors (Lipinski definition) is 4. The largest absolute Gasteiger partial charge is 0.339 e. The van der Waals surface area contributed by atoms with E-state index in [1.54, 1.807) is 24.3 Å². The molecule has 0 N–H and O–H groups in total. The molecule has 1 unspecified atom stereocenters. The van der Waals surface area contributed by atoms with Gasteiger partial charge in [0.15, 0.2) is 17.0 Å². The molecule has 0 aromatic heterocycles. The van der Waals surface area contributed by atoms with E-state index in [1.165, 1.54) is 19.3 Å². The summed E-state index contributed by atoms with van der Waals surface area (Å²) >= 11 is -0.885. The van der Waals surface area contributed by atoms with E-state index in [-0.39, 0.29) is 22.3 Å². The third kappa shape index (κ3) is 6.42. The van der Waals surface area contributed by atoms with Crippen LogP contribution in [0.2, 0.25) is 0 Å². The van der Waals surface area contributed by atoms with Crippen LogP contribution in [0.15, 0.2) is 29.2 Å². The van der Waals surface area contributed by atoms with Gasteiger partial charge in [0.25, 0.3) is 0 Å². The predicted octanol–water partition coefficient (Wildman–Crippen LogP) is 4.04. The Labute approximate surface area is 155 Å². The summed E-state index contributed by atoms with van der Waals surface area (Å²) in [5.74, 6) is 1.29. The third-order valence-corrected chi connectivity index (χ3v) is 8.37. The maximum Gasteiger partial charge on any atom is 0.339 e. The zero-order chi connectivity index (χ0) is 18.4. The second kappa shape index (κ2) is 9.19. The lowest BCUT2D eigenvalue weighted by molar-refractivity contribution is -0.119. The van der Waals surface area contributed by atoms with Gasteiger partial charge in [-0.25, -0.2) is 0 Å². The lowest BCUT2D eigenvalue weighted by Crippen LogP contribution is -2.30. The fraction of sp³-hybridized carbons (Fsp3) is 0.632. The summed E-state index contributed by atoms with van der Waals surface area (Å²) in [6.45, 7) is 5.60. The van der Waals surface area contributed by atoms with Crippen molar-refractivity contribution < 1.29 is 16.8 Å². The van der Waals surface area contributed by atoms with Gasteiger partial charge in [0.05, 0.1) is 4.90 Å². The molecule has 0 spiro atoms. The molecule has 0 aliphatic heterocycles. The van der Waals surface area contributed by atoms with Crippen molar-refractivity contribution in [2.45, 2.75) is 57.8 Å². The fourth-order valence-corrected chi connectivity index (χ4v) is 6.76. The Morgan fingerprint density at radius 2 is 1.76 bits per heavy atom. The van der Waals surface area contributed by atoms with E-state index in [4.69, 9.17) is 3.63 Å². The normalized spacial score (nSPS) is 17.6. The fourth-order valence-electron chi connectivity index (χ4n) is 2.92. The minimum Gasteiger partial charge on any atom is -0.294 e. The Kier molecular flexibility index (Phi) is 7.52. The molecule has 1 aromatic carbocycles. The Morgan fingerprint density at radius 1 is 1.16 bits per heavy atom. The van der Waals surface area contributed by atoms with Gasteiger partial charge in [0, 0.05) is 11.8 Å². The predicted molar refractivity (Wildman–Crippen MR) is 103 cm³/mol. The quantitative estimate of drug-likeness (QED) is 0.634. The van der Waals surface area contributed by atoms with Crippen molar-refractivity contribution in [1.29, 1.82) is 0 Å². The highest BCUT2D eigenvalue weighted by Crippen LogP contribution is 2.28. The molecule has 0 radical (unpaired) electrons. The molecule has 1 aromatic rings. The first-order chi connectivity index (χ1) is 11.8. The molecule has 1 atom stereocenters. The monoisotopic (exact) mass is 385 g/mol. The second-order valence-electron chi connectivity index (χ2n) is 7.21. The summed E-state index contributed by atoms with van der Waals surface area (Å²) in [5, 5.41) is 0. The maximum atomic E-state index is 12.6. The smallest absolute Gasteiger partial charge is 0.294 e. The standard InChI is InChI=1S/C19H29O4S2/c1-15(2)19(20)14-24(13-17-7-5-4-6-8-17)23-25(21,22)18-11-9-16(3)10-12-18/h9-12,15,17H,4-8,13-14H2,1-3H3/q+1. The molecule has 1 fully saturated rings. The van der Waals surface area contributed by atoms with Gasteiger partial charge in [-0.05, 0) is 35.5 Å².